The highest BCUT2D eigenvalue weighted by molar-refractivity contribution is 6.29. The predicted octanol–water partition coefficient (Wildman–Crippen LogP) is 3.55. The number of nitriles is 1. The van der Waals surface area contributed by atoms with E-state index in [1.165, 1.54) is 0 Å². The standard InChI is InChI=1S/C14H10ClN3/c15-13-7-12(17-14(18-13)10-4-5-10)11-3-1-2-9(6-11)8-16/h1-3,6-7,10H,4-5H2. The SMILES string of the molecule is N#Cc1cccc(-c2cc(Cl)nc(C3CC3)n2)c1. The maximum absolute atomic E-state index is 8.91. The summed E-state index contributed by atoms with van der Waals surface area (Å²) in [6.45, 7) is 0. The molecule has 0 N–H and O–H groups in total. The first-order valence-electron chi connectivity index (χ1n) is 5.81. The molecule has 3 rings (SSSR count). The zero-order valence-corrected chi connectivity index (χ0v) is 10.4. The Balaban J connectivity index is 2.07. The molecule has 0 bridgehead atoms. The van der Waals surface area contributed by atoms with Crippen molar-refractivity contribution >= 4 is 11.6 Å². The molecule has 18 heavy (non-hydrogen) atoms. The van der Waals surface area contributed by atoms with Crippen LogP contribution in [0.3, 0.4) is 0 Å². The number of hydrogen-bond acceptors (Lipinski definition) is 3. The summed E-state index contributed by atoms with van der Waals surface area (Å²) in [5.74, 6) is 1.28. The van der Waals surface area contributed by atoms with Crippen LogP contribution in [0.1, 0.15) is 30.1 Å². The first kappa shape index (κ1) is 11.2. The molecule has 4 heteroatoms. The minimum absolute atomic E-state index is 0.460. The van der Waals surface area contributed by atoms with Gasteiger partial charge in [0.1, 0.15) is 11.0 Å². The first-order valence-corrected chi connectivity index (χ1v) is 6.19. The molecular formula is C14H10ClN3. The molecule has 0 saturated heterocycles. The van der Waals surface area contributed by atoms with Crippen molar-refractivity contribution in [1.29, 1.82) is 5.26 Å². The molecule has 0 spiro atoms. The van der Waals surface area contributed by atoms with E-state index in [-0.39, 0.29) is 0 Å². The van der Waals surface area contributed by atoms with Crippen molar-refractivity contribution in [1.82, 2.24) is 9.97 Å². The predicted molar refractivity (Wildman–Crippen MR) is 69.2 cm³/mol. The minimum Gasteiger partial charge on any atom is -0.232 e. The third-order valence-electron chi connectivity index (χ3n) is 2.94. The molecule has 0 amide bonds. The molecule has 3 nitrogen and oxygen atoms in total. The lowest BCUT2D eigenvalue weighted by molar-refractivity contribution is 0.931. The second-order valence-corrected chi connectivity index (χ2v) is 4.79. The largest absolute Gasteiger partial charge is 0.232 e. The van der Waals surface area contributed by atoms with Crippen molar-refractivity contribution < 1.29 is 0 Å². The van der Waals surface area contributed by atoms with E-state index >= 15 is 0 Å². The van der Waals surface area contributed by atoms with E-state index in [2.05, 4.69) is 16.0 Å². The van der Waals surface area contributed by atoms with Gasteiger partial charge in [0.25, 0.3) is 0 Å². The van der Waals surface area contributed by atoms with Crippen LogP contribution < -0.4 is 0 Å². The highest BCUT2D eigenvalue weighted by Gasteiger charge is 2.27. The lowest BCUT2D eigenvalue weighted by atomic mass is 10.1. The van der Waals surface area contributed by atoms with Crippen LogP contribution in [0, 0.1) is 11.3 Å². The van der Waals surface area contributed by atoms with E-state index in [1.54, 1.807) is 12.1 Å². The molecule has 1 heterocycles. The van der Waals surface area contributed by atoms with Gasteiger partial charge in [-0.15, -0.1) is 0 Å². The normalized spacial score (nSPS) is 14.2. The molecular weight excluding hydrogens is 246 g/mol. The Hall–Kier alpha value is -1.92. The third kappa shape index (κ3) is 2.20. The Kier molecular flexibility index (Phi) is 2.73. The Morgan fingerprint density at radius 3 is 2.78 bits per heavy atom. The quantitative estimate of drug-likeness (QED) is 0.771. The second kappa shape index (κ2) is 4.40. The molecule has 0 unspecified atom stereocenters. The van der Waals surface area contributed by atoms with Gasteiger partial charge < -0.3 is 0 Å². The molecule has 1 aromatic carbocycles. The lowest BCUT2D eigenvalue weighted by Gasteiger charge is -2.04. The van der Waals surface area contributed by atoms with Crippen molar-refractivity contribution in [3.8, 4) is 17.3 Å². The van der Waals surface area contributed by atoms with Gasteiger partial charge in [-0.05, 0) is 25.0 Å². The molecule has 0 aliphatic heterocycles. The molecule has 1 aliphatic rings. The van der Waals surface area contributed by atoms with Gasteiger partial charge in [-0.1, -0.05) is 23.7 Å². The Labute approximate surface area is 110 Å². The van der Waals surface area contributed by atoms with Gasteiger partial charge in [0.05, 0.1) is 17.3 Å². The van der Waals surface area contributed by atoms with Crippen LogP contribution >= 0.6 is 11.6 Å². The topological polar surface area (TPSA) is 49.6 Å². The summed E-state index contributed by atoms with van der Waals surface area (Å²) in [5, 5.41) is 9.37. The summed E-state index contributed by atoms with van der Waals surface area (Å²) in [6.07, 6.45) is 2.27. The van der Waals surface area contributed by atoms with Crippen LogP contribution in [0.15, 0.2) is 30.3 Å². The number of aromatic nitrogens is 2. The fraction of sp³-hybridized carbons (Fsp3) is 0.214. The van der Waals surface area contributed by atoms with Gasteiger partial charge in [-0.2, -0.15) is 5.26 Å². The molecule has 0 atom stereocenters. The monoisotopic (exact) mass is 255 g/mol. The van der Waals surface area contributed by atoms with E-state index in [0.717, 1.165) is 29.9 Å². The van der Waals surface area contributed by atoms with Crippen molar-refractivity contribution in [2.24, 2.45) is 0 Å². The number of hydrogen-bond donors (Lipinski definition) is 0. The summed E-state index contributed by atoms with van der Waals surface area (Å²) in [6, 6.07) is 11.2. The summed E-state index contributed by atoms with van der Waals surface area (Å²) in [4.78, 5) is 8.79. The van der Waals surface area contributed by atoms with Crippen LogP contribution in [0.4, 0.5) is 0 Å². The van der Waals surface area contributed by atoms with Crippen molar-refractivity contribution in [3.05, 3.63) is 46.9 Å². The lowest BCUT2D eigenvalue weighted by Crippen LogP contribution is -1.95. The van der Waals surface area contributed by atoms with E-state index in [0.29, 0.717) is 16.6 Å². The summed E-state index contributed by atoms with van der Waals surface area (Å²) >= 11 is 6.03. The molecule has 88 valence electrons. The number of rotatable bonds is 2. The van der Waals surface area contributed by atoms with Crippen LogP contribution in [0.2, 0.25) is 5.15 Å². The third-order valence-corrected chi connectivity index (χ3v) is 3.14. The number of halogens is 1. The van der Waals surface area contributed by atoms with E-state index in [4.69, 9.17) is 16.9 Å². The first-order chi connectivity index (χ1) is 8.76. The number of benzene rings is 1. The Morgan fingerprint density at radius 2 is 2.06 bits per heavy atom. The van der Waals surface area contributed by atoms with Gasteiger partial charge >= 0.3 is 0 Å². The van der Waals surface area contributed by atoms with E-state index in [9.17, 15) is 0 Å². The second-order valence-electron chi connectivity index (χ2n) is 4.40. The molecule has 0 radical (unpaired) electrons. The van der Waals surface area contributed by atoms with Crippen molar-refractivity contribution in [2.75, 3.05) is 0 Å². The van der Waals surface area contributed by atoms with Crippen LogP contribution in [0.5, 0.6) is 0 Å². The van der Waals surface area contributed by atoms with Gasteiger partial charge in [0.2, 0.25) is 0 Å². The van der Waals surface area contributed by atoms with Gasteiger partial charge in [-0.3, -0.25) is 0 Å². The summed E-state index contributed by atoms with van der Waals surface area (Å²) in [5.41, 5.74) is 2.31. The molecule has 2 aromatic rings. The summed E-state index contributed by atoms with van der Waals surface area (Å²) < 4.78 is 0. The van der Waals surface area contributed by atoms with Gasteiger partial charge in [0.15, 0.2) is 0 Å². The minimum atomic E-state index is 0.460. The zero-order valence-electron chi connectivity index (χ0n) is 9.60. The molecule has 1 aromatic heterocycles. The van der Waals surface area contributed by atoms with Gasteiger partial charge in [0, 0.05) is 17.5 Å². The average molecular weight is 256 g/mol. The van der Waals surface area contributed by atoms with Crippen molar-refractivity contribution in [3.63, 3.8) is 0 Å². The Bertz CT molecular complexity index is 642. The maximum Gasteiger partial charge on any atom is 0.133 e. The van der Waals surface area contributed by atoms with Gasteiger partial charge in [-0.25, -0.2) is 9.97 Å². The van der Waals surface area contributed by atoms with Crippen molar-refractivity contribution in [2.45, 2.75) is 18.8 Å². The summed E-state index contributed by atoms with van der Waals surface area (Å²) in [7, 11) is 0. The highest BCUT2D eigenvalue weighted by atomic mass is 35.5. The maximum atomic E-state index is 8.91. The van der Waals surface area contributed by atoms with E-state index in [1.807, 2.05) is 18.2 Å². The van der Waals surface area contributed by atoms with Crippen LogP contribution in [0.25, 0.3) is 11.3 Å². The molecule has 1 fully saturated rings. The highest BCUT2D eigenvalue weighted by Crippen LogP contribution is 2.39. The smallest absolute Gasteiger partial charge is 0.133 e. The van der Waals surface area contributed by atoms with Crippen LogP contribution in [-0.4, -0.2) is 9.97 Å². The molecule has 1 aliphatic carbocycles. The zero-order chi connectivity index (χ0) is 12.5. The number of nitrogens with zero attached hydrogens (tertiary/aromatic N) is 3. The van der Waals surface area contributed by atoms with Crippen LogP contribution in [-0.2, 0) is 0 Å². The van der Waals surface area contributed by atoms with E-state index < -0.39 is 0 Å². The average Bonchev–Trinajstić information content (AvgIpc) is 3.22. The fourth-order valence-corrected chi connectivity index (χ4v) is 2.05. The fourth-order valence-electron chi connectivity index (χ4n) is 1.86. The Morgan fingerprint density at radius 1 is 1.22 bits per heavy atom. The molecule has 1 saturated carbocycles.